The lowest BCUT2D eigenvalue weighted by atomic mass is 9.89. The number of aliphatic hydroxyl groups is 1. The molecule has 2 aromatic carbocycles. The molecule has 0 unspecified atom stereocenters. The highest BCUT2D eigenvalue weighted by molar-refractivity contribution is 5.89. The summed E-state index contributed by atoms with van der Waals surface area (Å²) in [5, 5.41) is 12.3. The first-order valence-electron chi connectivity index (χ1n) is 8.01. The van der Waals surface area contributed by atoms with E-state index in [0.717, 1.165) is 35.5 Å². The Bertz CT molecular complexity index is 610. The molecule has 0 bridgehead atoms. The molecule has 21 heavy (non-hydrogen) atoms. The average Bonchev–Trinajstić information content (AvgIpc) is 2.49. The van der Waals surface area contributed by atoms with Crippen LogP contribution in [-0.4, -0.2) is 11.2 Å². The monoisotopic (exact) mass is 284 g/mol. The molecule has 0 aliphatic heterocycles. The van der Waals surface area contributed by atoms with Gasteiger partial charge in [-0.25, -0.2) is 0 Å². The highest BCUT2D eigenvalue weighted by Crippen LogP contribution is 2.36. The van der Waals surface area contributed by atoms with Crippen molar-refractivity contribution < 1.29 is 9.84 Å². The third kappa shape index (κ3) is 3.06. The Balaban J connectivity index is 1.96. The first-order chi connectivity index (χ1) is 10.1. The van der Waals surface area contributed by atoms with Crippen molar-refractivity contribution in [1.29, 1.82) is 0 Å². The van der Waals surface area contributed by atoms with E-state index in [1.165, 1.54) is 18.2 Å². The van der Waals surface area contributed by atoms with Crippen LogP contribution in [0.1, 0.15) is 51.2 Å². The number of aliphatic hydroxyl groups excluding tert-OH is 1. The van der Waals surface area contributed by atoms with Crippen LogP contribution >= 0.6 is 0 Å². The summed E-state index contributed by atoms with van der Waals surface area (Å²) in [7, 11) is 0. The topological polar surface area (TPSA) is 29.5 Å². The smallest absolute Gasteiger partial charge is 0.133 e. The van der Waals surface area contributed by atoms with Crippen molar-refractivity contribution in [2.75, 3.05) is 0 Å². The molecule has 1 fully saturated rings. The van der Waals surface area contributed by atoms with Crippen LogP contribution in [-0.2, 0) is 0 Å². The minimum Gasteiger partial charge on any atom is -0.489 e. The van der Waals surface area contributed by atoms with Crippen LogP contribution in [0.3, 0.4) is 0 Å². The van der Waals surface area contributed by atoms with Crippen LogP contribution in [0.5, 0.6) is 5.75 Å². The van der Waals surface area contributed by atoms with Crippen LogP contribution in [0.25, 0.3) is 10.8 Å². The molecular formula is C19H24O2. The van der Waals surface area contributed by atoms with Crippen LogP contribution < -0.4 is 4.74 Å². The first kappa shape index (κ1) is 14.4. The summed E-state index contributed by atoms with van der Waals surface area (Å²) in [6, 6.07) is 12.3. The average molecular weight is 284 g/mol. The second-order valence-corrected chi connectivity index (χ2v) is 6.38. The van der Waals surface area contributed by atoms with Crippen LogP contribution in [0.15, 0.2) is 36.4 Å². The number of fused-ring (bicyclic) bond motifs is 1. The van der Waals surface area contributed by atoms with Gasteiger partial charge in [-0.3, -0.25) is 0 Å². The third-order valence-corrected chi connectivity index (χ3v) is 4.61. The number of benzene rings is 2. The molecule has 0 radical (unpaired) electrons. The molecule has 0 saturated heterocycles. The third-order valence-electron chi connectivity index (χ3n) is 4.61. The van der Waals surface area contributed by atoms with Crippen molar-refractivity contribution in [3.05, 3.63) is 42.0 Å². The Morgan fingerprint density at radius 2 is 1.76 bits per heavy atom. The van der Waals surface area contributed by atoms with E-state index in [0.29, 0.717) is 0 Å². The molecule has 112 valence electrons. The van der Waals surface area contributed by atoms with E-state index >= 15 is 0 Å². The van der Waals surface area contributed by atoms with Gasteiger partial charge in [-0.1, -0.05) is 43.3 Å². The quantitative estimate of drug-likeness (QED) is 0.873. The van der Waals surface area contributed by atoms with Gasteiger partial charge in [0.2, 0.25) is 0 Å². The zero-order chi connectivity index (χ0) is 14.8. The molecular weight excluding hydrogens is 260 g/mol. The molecule has 2 aromatic rings. The first-order valence-corrected chi connectivity index (χ1v) is 8.01. The molecule has 2 heteroatoms. The van der Waals surface area contributed by atoms with Gasteiger partial charge < -0.3 is 9.84 Å². The molecule has 0 spiro atoms. The van der Waals surface area contributed by atoms with Gasteiger partial charge in [-0.2, -0.15) is 0 Å². The summed E-state index contributed by atoms with van der Waals surface area (Å²) < 4.78 is 6.35. The Labute approximate surface area is 126 Å². The minimum absolute atomic E-state index is 0.282. The van der Waals surface area contributed by atoms with E-state index in [4.69, 9.17) is 4.74 Å². The maximum atomic E-state index is 10.1. The van der Waals surface area contributed by atoms with Crippen LogP contribution in [0.2, 0.25) is 0 Å². The second-order valence-electron chi connectivity index (χ2n) is 6.38. The molecule has 0 heterocycles. The van der Waals surface area contributed by atoms with Crippen molar-refractivity contribution >= 4 is 10.8 Å². The van der Waals surface area contributed by atoms with Crippen LogP contribution in [0.4, 0.5) is 0 Å². The van der Waals surface area contributed by atoms with E-state index < -0.39 is 6.10 Å². The summed E-state index contributed by atoms with van der Waals surface area (Å²) >= 11 is 0. The summed E-state index contributed by atoms with van der Waals surface area (Å²) in [6.45, 7) is 4.12. The Kier molecular flexibility index (Phi) is 4.16. The zero-order valence-corrected chi connectivity index (χ0v) is 12.9. The zero-order valence-electron chi connectivity index (χ0n) is 12.9. The lowest BCUT2D eigenvalue weighted by Crippen LogP contribution is -2.23. The van der Waals surface area contributed by atoms with Gasteiger partial charge in [0, 0.05) is 10.9 Å². The maximum Gasteiger partial charge on any atom is 0.133 e. The van der Waals surface area contributed by atoms with Gasteiger partial charge in [-0.15, -0.1) is 0 Å². The largest absolute Gasteiger partial charge is 0.489 e. The van der Waals surface area contributed by atoms with Gasteiger partial charge in [0.1, 0.15) is 5.75 Å². The van der Waals surface area contributed by atoms with Gasteiger partial charge in [0.25, 0.3) is 0 Å². The van der Waals surface area contributed by atoms with Crippen molar-refractivity contribution in [2.45, 2.75) is 51.7 Å². The second kappa shape index (κ2) is 6.07. The SMILES string of the molecule is CC1CCC(Oc2c([C@H](C)O)ccc3ccccc23)CC1. The normalized spacial score (nSPS) is 24.0. The number of hydrogen-bond acceptors (Lipinski definition) is 2. The summed E-state index contributed by atoms with van der Waals surface area (Å²) in [4.78, 5) is 0. The maximum absolute atomic E-state index is 10.1. The Morgan fingerprint density at radius 1 is 1.05 bits per heavy atom. The fourth-order valence-corrected chi connectivity index (χ4v) is 3.23. The fourth-order valence-electron chi connectivity index (χ4n) is 3.23. The van der Waals surface area contributed by atoms with Gasteiger partial charge in [0.15, 0.2) is 0 Å². The Morgan fingerprint density at radius 3 is 2.48 bits per heavy atom. The number of rotatable bonds is 3. The van der Waals surface area contributed by atoms with Crippen molar-refractivity contribution in [3.8, 4) is 5.75 Å². The predicted molar refractivity (Wildman–Crippen MR) is 86.6 cm³/mol. The van der Waals surface area contributed by atoms with E-state index in [2.05, 4.69) is 25.1 Å². The fraction of sp³-hybridized carbons (Fsp3) is 0.474. The molecule has 0 aromatic heterocycles. The summed E-state index contributed by atoms with van der Waals surface area (Å²) in [5.74, 6) is 1.69. The lowest BCUT2D eigenvalue weighted by molar-refractivity contribution is 0.128. The Hall–Kier alpha value is -1.54. The van der Waals surface area contributed by atoms with E-state index in [1.54, 1.807) is 6.92 Å². The van der Waals surface area contributed by atoms with Crippen molar-refractivity contribution in [1.82, 2.24) is 0 Å². The molecule has 1 atom stereocenters. The summed E-state index contributed by atoms with van der Waals surface area (Å²) in [5.41, 5.74) is 0.896. The van der Waals surface area contributed by atoms with Gasteiger partial charge in [-0.05, 0) is 43.9 Å². The highest BCUT2D eigenvalue weighted by atomic mass is 16.5. The molecule has 3 rings (SSSR count). The molecule has 1 saturated carbocycles. The standard InChI is InChI=1S/C19H24O2/c1-13-7-10-16(11-8-13)21-19-17(14(2)20)12-9-15-5-3-4-6-18(15)19/h3-6,9,12-14,16,20H,7-8,10-11H2,1-2H3/t13?,14-,16?/m0/s1. The predicted octanol–water partition coefficient (Wildman–Crippen LogP) is 4.85. The van der Waals surface area contributed by atoms with Gasteiger partial charge in [0.05, 0.1) is 12.2 Å². The number of hydrogen-bond donors (Lipinski definition) is 1. The molecule has 1 aliphatic rings. The van der Waals surface area contributed by atoms with E-state index in [-0.39, 0.29) is 6.10 Å². The van der Waals surface area contributed by atoms with E-state index in [9.17, 15) is 5.11 Å². The molecule has 1 aliphatic carbocycles. The van der Waals surface area contributed by atoms with E-state index in [1.807, 2.05) is 18.2 Å². The molecule has 2 nitrogen and oxygen atoms in total. The highest BCUT2D eigenvalue weighted by Gasteiger charge is 2.22. The number of ether oxygens (including phenoxy) is 1. The molecule has 1 N–H and O–H groups in total. The van der Waals surface area contributed by atoms with Crippen molar-refractivity contribution in [3.63, 3.8) is 0 Å². The molecule has 0 amide bonds. The van der Waals surface area contributed by atoms with Gasteiger partial charge >= 0.3 is 0 Å². The summed E-state index contributed by atoms with van der Waals surface area (Å²) in [6.07, 6.45) is 4.48. The van der Waals surface area contributed by atoms with Crippen LogP contribution in [0, 0.1) is 5.92 Å². The minimum atomic E-state index is -0.507. The lowest BCUT2D eigenvalue weighted by Gasteiger charge is -2.28. The van der Waals surface area contributed by atoms with Crippen molar-refractivity contribution in [2.24, 2.45) is 5.92 Å².